The van der Waals surface area contributed by atoms with Crippen molar-refractivity contribution in [2.24, 2.45) is 4.99 Å². The molecule has 0 aliphatic heterocycles. The highest BCUT2D eigenvalue weighted by molar-refractivity contribution is 7.92. The summed E-state index contributed by atoms with van der Waals surface area (Å²) >= 11 is 6.93. The van der Waals surface area contributed by atoms with Crippen molar-refractivity contribution in [2.45, 2.75) is 29.7 Å². The van der Waals surface area contributed by atoms with Crippen molar-refractivity contribution in [3.63, 3.8) is 0 Å². The van der Waals surface area contributed by atoms with Crippen LogP contribution in [0.25, 0.3) is 10.2 Å². The lowest BCUT2D eigenvalue weighted by atomic mass is 10.3. The van der Waals surface area contributed by atoms with E-state index in [9.17, 15) is 21.6 Å². The smallest absolute Gasteiger partial charge is 0.263 e. The molecular weight excluding hydrogens is 468 g/mol. The van der Waals surface area contributed by atoms with E-state index in [1.807, 2.05) is 6.92 Å². The van der Waals surface area contributed by atoms with Crippen LogP contribution in [-0.4, -0.2) is 39.3 Å². The van der Waals surface area contributed by atoms with Gasteiger partial charge in [-0.2, -0.15) is 4.99 Å². The molecule has 0 aliphatic carbocycles. The van der Waals surface area contributed by atoms with Crippen molar-refractivity contribution in [2.75, 3.05) is 12.0 Å². The quantitative estimate of drug-likeness (QED) is 0.532. The average molecular weight is 487 g/mol. The predicted molar refractivity (Wildman–Crippen MR) is 117 cm³/mol. The maximum atomic E-state index is 12.5. The number of halogens is 1. The third-order valence-electron chi connectivity index (χ3n) is 4.24. The van der Waals surface area contributed by atoms with E-state index in [0.29, 0.717) is 21.1 Å². The summed E-state index contributed by atoms with van der Waals surface area (Å²) < 4.78 is 51.1. The molecule has 30 heavy (non-hydrogen) atoms. The fraction of sp³-hybridized carbons (Fsp3) is 0.263. The molecule has 3 rings (SSSR count). The molecule has 7 nitrogen and oxygen atoms in total. The summed E-state index contributed by atoms with van der Waals surface area (Å²) in [6, 6.07) is 10.3. The Hall–Kier alpha value is -2.01. The number of carbonyl (C=O) groups excluding carboxylic acids is 1. The molecule has 11 heteroatoms. The first-order chi connectivity index (χ1) is 14.0. The van der Waals surface area contributed by atoms with Crippen molar-refractivity contribution in [3.05, 3.63) is 52.3 Å². The van der Waals surface area contributed by atoms with Crippen LogP contribution in [0.1, 0.15) is 13.3 Å². The van der Waals surface area contributed by atoms with Crippen molar-refractivity contribution in [1.82, 2.24) is 4.57 Å². The van der Waals surface area contributed by atoms with Crippen LogP contribution in [-0.2, 0) is 31.0 Å². The molecular formula is C19H19ClN2O5S3. The standard InChI is InChI=1S/C19H19ClN2O5S3/c1-3-10-22-16-9-8-15(29(2,24)25)11-17(16)28-19(22)21-18(23)12-30(26,27)14-6-4-13(20)5-7-14/h4-9,11H,3,10,12H2,1-2H3. The summed E-state index contributed by atoms with van der Waals surface area (Å²) in [6.45, 7) is 2.51. The van der Waals surface area contributed by atoms with Crippen LogP contribution >= 0.6 is 22.9 Å². The molecule has 0 fully saturated rings. The number of fused-ring (bicyclic) bond motifs is 1. The zero-order valence-electron chi connectivity index (χ0n) is 16.2. The minimum atomic E-state index is -3.86. The number of hydrogen-bond acceptors (Lipinski definition) is 6. The normalized spacial score (nSPS) is 13.1. The molecule has 0 atom stereocenters. The highest BCUT2D eigenvalue weighted by Crippen LogP contribution is 2.22. The summed E-state index contributed by atoms with van der Waals surface area (Å²) in [7, 11) is -7.24. The Morgan fingerprint density at radius 2 is 1.70 bits per heavy atom. The minimum absolute atomic E-state index is 0.00832. The number of sulfone groups is 2. The Balaban J connectivity index is 2.02. The Morgan fingerprint density at radius 3 is 2.30 bits per heavy atom. The summed E-state index contributed by atoms with van der Waals surface area (Å²) in [4.78, 5) is 17.0. The topological polar surface area (TPSA) is 103 Å². The van der Waals surface area contributed by atoms with Crippen molar-refractivity contribution in [1.29, 1.82) is 0 Å². The van der Waals surface area contributed by atoms with Crippen LogP contribution in [0.4, 0.5) is 0 Å². The molecule has 0 saturated carbocycles. The minimum Gasteiger partial charge on any atom is -0.316 e. The molecule has 0 radical (unpaired) electrons. The third-order valence-corrected chi connectivity index (χ3v) is 8.26. The number of hydrogen-bond donors (Lipinski definition) is 0. The summed E-state index contributed by atoms with van der Waals surface area (Å²) in [6.07, 6.45) is 1.88. The Labute approximate surface area is 183 Å². The lowest BCUT2D eigenvalue weighted by Crippen LogP contribution is -2.21. The molecule has 2 aromatic carbocycles. The largest absolute Gasteiger partial charge is 0.316 e. The maximum absolute atomic E-state index is 12.5. The molecule has 160 valence electrons. The van der Waals surface area contributed by atoms with Gasteiger partial charge in [0.25, 0.3) is 5.91 Å². The van der Waals surface area contributed by atoms with E-state index >= 15 is 0 Å². The number of amides is 1. The van der Waals surface area contributed by atoms with Gasteiger partial charge in [0.1, 0.15) is 5.75 Å². The number of rotatable bonds is 6. The van der Waals surface area contributed by atoms with Gasteiger partial charge in [-0.3, -0.25) is 4.79 Å². The molecule has 1 heterocycles. The van der Waals surface area contributed by atoms with Crippen LogP contribution in [0.15, 0.2) is 57.2 Å². The zero-order valence-corrected chi connectivity index (χ0v) is 19.4. The van der Waals surface area contributed by atoms with E-state index in [1.165, 1.54) is 36.4 Å². The number of aryl methyl sites for hydroxylation is 1. The summed E-state index contributed by atoms with van der Waals surface area (Å²) in [5.74, 6) is -1.58. The number of nitrogens with zero attached hydrogens (tertiary/aromatic N) is 2. The van der Waals surface area contributed by atoms with E-state index in [1.54, 1.807) is 10.6 Å². The van der Waals surface area contributed by atoms with Gasteiger partial charge >= 0.3 is 0 Å². The first-order valence-corrected chi connectivity index (χ1v) is 13.6. The van der Waals surface area contributed by atoms with Gasteiger partial charge in [-0.15, -0.1) is 0 Å². The Bertz CT molecular complexity index is 1390. The van der Waals surface area contributed by atoms with Crippen LogP contribution in [0.2, 0.25) is 5.02 Å². The van der Waals surface area contributed by atoms with Crippen LogP contribution in [0, 0.1) is 0 Å². The molecule has 0 aliphatic rings. The van der Waals surface area contributed by atoms with Crippen LogP contribution in [0.5, 0.6) is 0 Å². The van der Waals surface area contributed by atoms with Gasteiger partial charge in [0.15, 0.2) is 24.5 Å². The van der Waals surface area contributed by atoms with Gasteiger partial charge in [0, 0.05) is 17.8 Å². The Morgan fingerprint density at radius 1 is 1.07 bits per heavy atom. The second-order valence-corrected chi connectivity index (χ2v) is 12.1. The molecule has 1 amide bonds. The fourth-order valence-corrected chi connectivity index (χ4v) is 5.90. The molecule has 0 saturated heterocycles. The third kappa shape index (κ3) is 5.00. The van der Waals surface area contributed by atoms with Gasteiger partial charge in [0.2, 0.25) is 0 Å². The van der Waals surface area contributed by atoms with Gasteiger partial charge < -0.3 is 4.57 Å². The van der Waals surface area contributed by atoms with E-state index in [4.69, 9.17) is 11.6 Å². The van der Waals surface area contributed by atoms with Crippen LogP contribution in [0.3, 0.4) is 0 Å². The highest BCUT2D eigenvalue weighted by Gasteiger charge is 2.20. The number of carbonyl (C=O) groups is 1. The van der Waals surface area contributed by atoms with E-state index in [-0.39, 0.29) is 9.79 Å². The molecule has 0 spiro atoms. The lowest BCUT2D eigenvalue weighted by molar-refractivity contribution is -0.115. The zero-order chi connectivity index (χ0) is 22.1. The number of thiazole rings is 1. The monoisotopic (exact) mass is 486 g/mol. The van der Waals surface area contributed by atoms with Gasteiger partial charge in [-0.1, -0.05) is 29.9 Å². The van der Waals surface area contributed by atoms with Gasteiger partial charge in [-0.05, 0) is 48.9 Å². The molecule has 0 unspecified atom stereocenters. The Kier molecular flexibility index (Phi) is 6.51. The second-order valence-electron chi connectivity index (χ2n) is 6.66. The van der Waals surface area contributed by atoms with Crippen molar-refractivity contribution < 1.29 is 21.6 Å². The van der Waals surface area contributed by atoms with Crippen LogP contribution < -0.4 is 4.80 Å². The maximum Gasteiger partial charge on any atom is 0.263 e. The fourth-order valence-electron chi connectivity index (χ4n) is 2.84. The van der Waals surface area contributed by atoms with E-state index in [2.05, 4.69) is 4.99 Å². The number of benzene rings is 2. The van der Waals surface area contributed by atoms with Gasteiger partial charge in [-0.25, -0.2) is 16.8 Å². The first kappa shape index (κ1) is 22.7. The number of aromatic nitrogens is 1. The predicted octanol–water partition coefficient (Wildman–Crippen LogP) is 3.07. The molecule has 1 aromatic heterocycles. The first-order valence-electron chi connectivity index (χ1n) is 8.90. The highest BCUT2D eigenvalue weighted by atomic mass is 35.5. The van der Waals surface area contributed by atoms with Gasteiger partial charge in [0.05, 0.1) is 20.0 Å². The summed E-state index contributed by atoms with van der Waals surface area (Å²) in [5, 5.41) is 0.393. The van der Waals surface area contributed by atoms with E-state index in [0.717, 1.165) is 29.5 Å². The second kappa shape index (κ2) is 8.62. The molecule has 3 aromatic rings. The lowest BCUT2D eigenvalue weighted by Gasteiger charge is -2.04. The average Bonchev–Trinajstić information content (AvgIpc) is 2.97. The van der Waals surface area contributed by atoms with Crippen molar-refractivity contribution >= 4 is 58.7 Å². The SMILES string of the molecule is CCCn1c(=NC(=O)CS(=O)(=O)c2ccc(Cl)cc2)sc2cc(S(C)(=O)=O)ccc21. The summed E-state index contributed by atoms with van der Waals surface area (Å²) in [5.41, 5.74) is 0.737. The van der Waals surface area contributed by atoms with E-state index < -0.39 is 31.3 Å². The van der Waals surface area contributed by atoms with Crippen molar-refractivity contribution in [3.8, 4) is 0 Å². The molecule has 0 N–H and O–H groups in total. The molecule has 0 bridgehead atoms.